The number of hydrogen-bond donors (Lipinski definition) is 1. The number of ether oxygens (including phenoxy) is 1. The smallest absolute Gasteiger partial charge is 0.213 e. The second-order valence-electron chi connectivity index (χ2n) is 3.07. The molecule has 0 saturated heterocycles. The number of rotatable bonds is 6. The van der Waals surface area contributed by atoms with E-state index < -0.39 is 0 Å². The van der Waals surface area contributed by atoms with E-state index in [0.717, 1.165) is 12.0 Å². The summed E-state index contributed by atoms with van der Waals surface area (Å²) in [7, 11) is 1.87. The molecule has 0 aliphatic carbocycles. The van der Waals surface area contributed by atoms with Crippen molar-refractivity contribution in [2.75, 3.05) is 13.7 Å². The standard InChI is InChI=1S/C11H15ClN2O/c1-3-4-5-15-11-6-9(7-13-2)10(12)8-14-11/h3,6,8,13H,1,4-5,7H2,2H3. The molecule has 82 valence electrons. The lowest BCUT2D eigenvalue weighted by Crippen LogP contribution is -2.07. The summed E-state index contributed by atoms with van der Waals surface area (Å²) in [6, 6.07) is 1.85. The Morgan fingerprint density at radius 3 is 3.13 bits per heavy atom. The van der Waals surface area contributed by atoms with Gasteiger partial charge in [0.25, 0.3) is 0 Å². The van der Waals surface area contributed by atoms with Crippen LogP contribution in [0.4, 0.5) is 0 Å². The summed E-state index contributed by atoms with van der Waals surface area (Å²) in [5.41, 5.74) is 0.989. The van der Waals surface area contributed by atoms with Crippen molar-refractivity contribution in [3.63, 3.8) is 0 Å². The molecule has 4 heteroatoms. The highest BCUT2D eigenvalue weighted by Crippen LogP contribution is 2.19. The van der Waals surface area contributed by atoms with Crippen LogP contribution in [-0.2, 0) is 6.54 Å². The summed E-state index contributed by atoms with van der Waals surface area (Å²) in [4.78, 5) is 4.08. The van der Waals surface area contributed by atoms with Gasteiger partial charge in [-0.25, -0.2) is 4.98 Å². The topological polar surface area (TPSA) is 34.1 Å². The van der Waals surface area contributed by atoms with Gasteiger partial charge >= 0.3 is 0 Å². The molecule has 1 heterocycles. The Morgan fingerprint density at radius 1 is 1.67 bits per heavy atom. The van der Waals surface area contributed by atoms with E-state index in [1.165, 1.54) is 0 Å². The molecule has 0 aliphatic rings. The quantitative estimate of drug-likeness (QED) is 0.598. The van der Waals surface area contributed by atoms with E-state index in [1.54, 1.807) is 6.20 Å². The minimum absolute atomic E-state index is 0.594. The van der Waals surface area contributed by atoms with Crippen molar-refractivity contribution in [1.29, 1.82) is 0 Å². The Morgan fingerprint density at radius 2 is 2.47 bits per heavy atom. The molecule has 0 aliphatic heterocycles. The van der Waals surface area contributed by atoms with Gasteiger partial charge in [-0.05, 0) is 19.0 Å². The molecule has 1 aromatic heterocycles. The molecule has 0 unspecified atom stereocenters. The fraction of sp³-hybridized carbons (Fsp3) is 0.364. The molecule has 0 amide bonds. The number of nitrogens with zero attached hydrogens (tertiary/aromatic N) is 1. The minimum atomic E-state index is 0.594. The fourth-order valence-corrected chi connectivity index (χ4v) is 1.28. The van der Waals surface area contributed by atoms with Crippen LogP contribution in [-0.4, -0.2) is 18.6 Å². The molecule has 0 radical (unpaired) electrons. The monoisotopic (exact) mass is 226 g/mol. The zero-order valence-electron chi connectivity index (χ0n) is 8.79. The highest BCUT2D eigenvalue weighted by Gasteiger charge is 2.02. The largest absolute Gasteiger partial charge is 0.477 e. The molecule has 1 N–H and O–H groups in total. The number of halogens is 1. The van der Waals surface area contributed by atoms with Crippen LogP contribution >= 0.6 is 11.6 Å². The Bertz CT molecular complexity index is 328. The van der Waals surface area contributed by atoms with E-state index in [1.807, 2.05) is 19.2 Å². The number of aromatic nitrogens is 1. The molecule has 15 heavy (non-hydrogen) atoms. The van der Waals surface area contributed by atoms with Gasteiger partial charge in [-0.15, -0.1) is 6.58 Å². The number of hydrogen-bond acceptors (Lipinski definition) is 3. The maximum absolute atomic E-state index is 5.96. The van der Waals surface area contributed by atoms with E-state index in [9.17, 15) is 0 Å². The predicted molar refractivity (Wildman–Crippen MR) is 62.3 cm³/mol. The Kier molecular flexibility index (Phi) is 5.15. The van der Waals surface area contributed by atoms with Gasteiger partial charge in [-0.1, -0.05) is 17.7 Å². The maximum Gasteiger partial charge on any atom is 0.213 e. The minimum Gasteiger partial charge on any atom is -0.477 e. The molecule has 0 spiro atoms. The van der Waals surface area contributed by atoms with Crippen molar-refractivity contribution < 1.29 is 4.74 Å². The Balaban J connectivity index is 2.64. The summed E-state index contributed by atoms with van der Waals surface area (Å²) in [5, 5.41) is 3.69. The first-order valence-electron chi connectivity index (χ1n) is 4.80. The van der Waals surface area contributed by atoms with Gasteiger partial charge in [-0.3, -0.25) is 0 Å². The lowest BCUT2D eigenvalue weighted by molar-refractivity contribution is 0.312. The molecule has 0 bridgehead atoms. The van der Waals surface area contributed by atoms with Gasteiger partial charge in [0, 0.05) is 18.8 Å². The average Bonchev–Trinajstić information content (AvgIpc) is 2.23. The van der Waals surface area contributed by atoms with Crippen LogP contribution < -0.4 is 10.1 Å². The highest BCUT2D eigenvalue weighted by atomic mass is 35.5. The molecule has 1 rings (SSSR count). The Labute approximate surface area is 95.1 Å². The zero-order valence-corrected chi connectivity index (χ0v) is 9.55. The molecular formula is C11H15ClN2O. The van der Waals surface area contributed by atoms with E-state index >= 15 is 0 Å². The van der Waals surface area contributed by atoms with Gasteiger partial charge < -0.3 is 10.1 Å². The summed E-state index contributed by atoms with van der Waals surface area (Å²) >= 11 is 5.96. The fourth-order valence-electron chi connectivity index (χ4n) is 1.11. The highest BCUT2D eigenvalue weighted by molar-refractivity contribution is 6.31. The van der Waals surface area contributed by atoms with Crippen molar-refractivity contribution in [2.45, 2.75) is 13.0 Å². The first-order chi connectivity index (χ1) is 7.27. The van der Waals surface area contributed by atoms with Crippen molar-refractivity contribution in [1.82, 2.24) is 10.3 Å². The van der Waals surface area contributed by atoms with Gasteiger partial charge in [0.1, 0.15) is 0 Å². The first-order valence-corrected chi connectivity index (χ1v) is 5.18. The van der Waals surface area contributed by atoms with Crippen LogP contribution in [0.5, 0.6) is 5.88 Å². The van der Waals surface area contributed by atoms with Crippen molar-refractivity contribution in [3.05, 3.63) is 35.5 Å². The third kappa shape index (κ3) is 3.90. The van der Waals surface area contributed by atoms with Crippen molar-refractivity contribution in [2.24, 2.45) is 0 Å². The van der Waals surface area contributed by atoms with Crippen LogP contribution in [0.3, 0.4) is 0 Å². The molecule has 0 atom stereocenters. The first kappa shape index (κ1) is 12.0. The van der Waals surface area contributed by atoms with E-state index in [-0.39, 0.29) is 0 Å². The van der Waals surface area contributed by atoms with Gasteiger partial charge in [0.2, 0.25) is 5.88 Å². The van der Waals surface area contributed by atoms with Crippen LogP contribution in [0.2, 0.25) is 5.02 Å². The summed E-state index contributed by atoms with van der Waals surface area (Å²) in [6.45, 7) is 4.92. The second kappa shape index (κ2) is 6.43. The van der Waals surface area contributed by atoms with Crippen LogP contribution in [0.15, 0.2) is 24.9 Å². The molecule has 3 nitrogen and oxygen atoms in total. The van der Waals surface area contributed by atoms with Gasteiger partial charge in [0.05, 0.1) is 11.6 Å². The lowest BCUT2D eigenvalue weighted by atomic mass is 10.2. The van der Waals surface area contributed by atoms with Crippen molar-refractivity contribution >= 4 is 11.6 Å². The number of pyridine rings is 1. The Hall–Kier alpha value is -1.06. The lowest BCUT2D eigenvalue weighted by Gasteiger charge is -2.07. The third-order valence-corrected chi connectivity index (χ3v) is 2.19. The maximum atomic E-state index is 5.96. The van der Waals surface area contributed by atoms with E-state index in [0.29, 0.717) is 24.1 Å². The molecule has 1 aromatic rings. The van der Waals surface area contributed by atoms with Crippen LogP contribution in [0.25, 0.3) is 0 Å². The molecule has 0 aromatic carbocycles. The summed E-state index contributed by atoms with van der Waals surface area (Å²) in [5.74, 6) is 0.603. The molecule has 0 saturated carbocycles. The zero-order chi connectivity index (χ0) is 11.1. The second-order valence-corrected chi connectivity index (χ2v) is 3.48. The SMILES string of the molecule is C=CCCOc1cc(CNC)c(Cl)cn1. The molecule has 0 fully saturated rings. The molecular weight excluding hydrogens is 212 g/mol. The third-order valence-electron chi connectivity index (χ3n) is 1.85. The average molecular weight is 227 g/mol. The van der Waals surface area contributed by atoms with E-state index in [4.69, 9.17) is 16.3 Å². The van der Waals surface area contributed by atoms with E-state index in [2.05, 4.69) is 16.9 Å². The number of nitrogens with one attached hydrogen (secondary N) is 1. The van der Waals surface area contributed by atoms with Gasteiger partial charge in [-0.2, -0.15) is 0 Å². The van der Waals surface area contributed by atoms with Gasteiger partial charge in [0.15, 0.2) is 0 Å². The van der Waals surface area contributed by atoms with Crippen LogP contribution in [0.1, 0.15) is 12.0 Å². The predicted octanol–water partition coefficient (Wildman–Crippen LogP) is 2.41. The van der Waals surface area contributed by atoms with Crippen molar-refractivity contribution in [3.8, 4) is 5.88 Å². The summed E-state index contributed by atoms with van der Waals surface area (Å²) < 4.78 is 5.42. The normalized spacial score (nSPS) is 10.0. The van der Waals surface area contributed by atoms with Crippen LogP contribution in [0, 0.1) is 0 Å². The summed E-state index contributed by atoms with van der Waals surface area (Å²) in [6.07, 6.45) is 4.23.